The van der Waals surface area contributed by atoms with Gasteiger partial charge in [-0.25, -0.2) is 0 Å². The lowest BCUT2D eigenvalue weighted by Gasteiger charge is -2.15. The fourth-order valence-corrected chi connectivity index (χ4v) is 1.43. The summed E-state index contributed by atoms with van der Waals surface area (Å²) in [4.78, 5) is 0. The fraction of sp³-hybridized carbons (Fsp3) is 0.750. The minimum absolute atomic E-state index is 0.319. The van der Waals surface area contributed by atoms with Crippen LogP contribution in [0.5, 0.6) is 0 Å². The Labute approximate surface area is 57.1 Å². The summed E-state index contributed by atoms with van der Waals surface area (Å²) in [6.07, 6.45) is 1.21. The molecule has 0 aromatic carbocycles. The molecule has 1 rings (SSSR count). The molecule has 0 aromatic heterocycles. The van der Waals surface area contributed by atoms with Crippen molar-refractivity contribution in [3.8, 4) is 0 Å². The fourth-order valence-electron chi connectivity index (χ4n) is 1.43. The largest absolute Gasteiger partial charge is 0.386 e. The van der Waals surface area contributed by atoms with Crippen molar-refractivity contribution in [2.24, 2.45) is 5.41 Å². The maximum atomic E-state index is 3.95. The number of rotatable bonds is 0. The maximum absolute atomic E-state index is 3.95. The average molecular weight is 125 g/mol. The van der Waals surface area contributed by atoms with E-state index in [1.54, 1.807) is 0 Å². The van der Waals surface area contributed by atoms with Gasteiger partial charge in [-0.15, -0.1) is 0 Å². The highest BCUT2D eigenvalue weighted by Crippen LogP contribution is 2.34. The van der Waals surface area contributed by atoms with Crippen molar-refractivity contribution < 1.29 is 0 Å². The quantitative estimate of drug-likeness (QED) is 0.521. The van der Waals surface area contributed by atoms with E-state index in [-0.39, 0.29) is 0 Å². The molecule has 1 atom stereocenters. The van der Waals surface area contributed by atoms with Gasteiger partial charge in [-0.05, 0) is 13.3 Å². The standard InChI is InChI=1S/C8H15N/c1-6-5-8(3,4)7(2)9-6/h6,9H,2,5H2,1,3-4H3/t6-/m1/s1. The second-order valence-electron chi connectivity index (χ2n) is 3.61. The van der Waals surface area contributed by atoms with Crippen molar-refractivity contribution in [1.82, 2.24) is 5.32 Å². The SMILES string of the molecule is C=C1N[C@H](C)CC1(C)C. The zero-order chi connectivity index (χ0) is 7.07. The summed E-state index contributed by atoms with van der Waals surface area (Å²) in [6.45, 7) is 10.6. The number of allylic oxidation sites excluding steroid dienone is 1. The highest BCUT2D eigenvalue weighted by atomic mass is 15.0. The predicted molar refractivity (Wildman–Crippen MR) is 40.1 cm³/mol. The molecule has 1 nitrogen and oxygen atoms in total. The highest BCUT2D eigenvalue weighted by Gasteiger charge is 2.31. The Bertz CT molecular complexity index is 136. The molecule has 0 amide bonds. The van der Waals surface area contributed by atoms with Gasteiger partial charge in [0, 0.05) is 17.2 Å². The van der Waals surface area contributed by atoms with Crippen LogP contribution in [0.2, 0.25) is 0 Å². The molecule has 1 aliphatic heterocycles. The molecule has 1 fully saturated rings. The molecule has 9 heavy (non-hydrogen) atoms. The van der Waals surface area contributed by atoms with Crippen molar-refractivity contribution in [1.29, 1.82) is 0 Å². The zero-order valence-electron chi connectivity index (χ0n) is 6.49. The minimum Gasteiger partial charge on any atom is -0.386 e. The lowest BCUT2D eigenvalue weighted by Crippen LogP contribution is -2.15. The van der Waals surface area contributed by atoms with Crippen molar-refractivity contribution in [3.63, 3.8) is 0 Å². The van der Waals surface area contributed by atoms with Crippen LogP contribution in [0.1, 0.15) is 27.2 Å². The van der Waals surface area contributed by atoms with Crippen LogP contribution >= 0.6 is 0 Å². The van der Waals surface area contributed by atoms with E-state index < -0.39 is 0 Å². The zero-order valence-corrected chi connectivity index (χ0v) is 6.49. The first-order valence-electron chi connectivity index (χ1n) is 3.48. The summed E-state index contributed by atoms with van der Waals surface area (Å²) < 4.78 is 0. The summed E-state index contributed by atoms with van der Waals surface area (Å²) in [5.41, 5.74) is 1.51. The first-order valence-corrected chi connectivity index (χ1v) is 3.48. The molecule has 0 spiro atoms. The Kier molecular flexibility index (Phi) is 1.30. The third-order valence-electron chi connectivity index (χ3n) is 2.05. The Balaban J connectivity index is 2.70. The first-order chi connectivity index (χ1) is 4.02. The van der Waals surface area contributed by atoms with Gasteiger partial charge in [-0.3, -0.25) is 0 Å². The molecule has 1 saturated heterocycles. The maximum Gasteiger partial charge on any atom is 0.0238 e. The predicted octanol–water partition coefficient (Wildman–Crippen LogP) is 1.91. The van der Waals surface area contributed by atoms with E-state index in [2.05, 4.69) is 32.7 Å². The molecular formula is C8H15N. The molecule has 0 radical (unpaired) electrons. The van der Waals surface area contributed by atoms with Crippen molar-refractivity contribution in [3.05, 3.63) is 12.3 Å². The van der Waals surface area contributed by atoms with E-state index in [9.17, 15) is 0 Å². The summed E-state index contributed by atoms with van der Waals surface area (Å²) >= 11 is 0. The van der Waals surface area contributed by atoms with Gasteiger partial charge in [0.05, 0.1) is 0 Å². The number of nitrogens with one attached hydrogen (secondary N) is 1. The van der Waals surface area contributed by atoms with Crippen LogP contribution < -0.4 is 5.32 Å². The van der Waals surface area contributed by atoms with Gasteiger partial charge in [0.1, 0.15) is 0 Å². The van der Waals surface area contributed by atoms with Crippen LogP contribution in [0.4, 0.5) is 0 Å². The Hall–Kier alpha value is -0.460. The second kappa shape index (κ2) is 1.76. The smallest absolute Gasteiger partial charge is 0.0238 e. The van der Waals surface area contributed by atoms with Crippen LogP contribution in [0.25, 0.3) is 0 Å². The van der Waals surface area contributed by atoms with Crippen LogP contribution in [0, 0.1) is 5.41 Å². The van der Waals surface area contributed by atoms with E-state index in [0.717, 1.165) is 0 Å². The molecule has 1 N–H and O–H groups in total. The molecule has 1 heteroatoms. The molecule has 0 bridgehead atoms. The van der Waals surface area contributed by atoms with Crippen LogP contribution in [0.15, 0.2) is 12.3 Å². The normalized spacial score (nSPS) is 32.3. The summed E-state index contributed by atoms with van der Waals surface area (Å²) in [7, 11) is 0. The Morgan fingerprint density at radius 1 is 1.67 bits per heavy atom. The van der Waals surface area contributed by atoms with Crippen molar-refractivity contribution in [2.45, 2.75) is 33.2 Å². The molecule has 1 heterocycles. The van der Waals surface area contributed by atoms with E-state index >= 15 is 0 Å². The summed E-state index contributed by atoms with van der Waals surface area (Å²) in [5.74, 6) is 0. The lowest BCUT2D eigenvalue weighted by atomic mass is 9.88. The van der Waals surface area contributed by atoms with Gasteiger partial charge >= 0.3 is 0 Å². The van der Waals surface area contributed by atoms with Crippen LogP contribution in [0.3, 0.4) is 0 Å². The topological polar surface area (TPSA) is 12.0 Å². The van der Waals surface area contributed by atoms with E-state index in [1.165, 1.54) is 12.1 Å². The van der Waals surface area contributed by atoms with Gasteiger partial charge in [0.15, 0.2) is 0 Å². The molecule has 52 valence electrons. The van der Waals surface area contributed by atoms with Gasteiger partial charge in [-0.2, -0.15) is 0 Å². The van der Waals surface area contributed by atoms with Crippen molar-refractivity contribution >= 4 is 0 Å². The lowest BCUT2D eigenvalue weighted by molar-refractivity contribution is 0.449. The van der Waals surface area contributed by atoms with Gasteiger partial charge in [0.2, 0.25) is 0 Å². The molecule has 1 aliphatic rings. The minimum atomic E-state index is 0.319. The van der Waals surface area contributed by atoms with Gasteiger partial charge < -0.3 is 5.32 Å². The van der Waals surface area contributed by atoms with Crippen molar-refractivity contribution in [2.75, 3.05) is 0 Å². The van der Waals surface area contributed by atoms with E-state index in [4.69, 9.17) is 0 Å². The van der Waals surface area contributed by atoms with Crippen LogP contribution in [-0.2, 0) is 0 Å². The third kappa shape index (κ3) is 1.09. The molecular weight excluding hydrogens is 110 g/mol. The Morgan fingerprint density at radius 2 is 2.22 bits per heavy atom. The molecule has 0 unspecified atom stereocenters. The second-order valence-corrected chi connectivity index (χ2v) is 3.61. The third-order valence-corrected chi connectivity index (χ3v) is 2.05. The first kappa shape index (κ1) is 6.66. The van der Waals surface area contributed by atoms with Crippen LogP contribution in [-0.4, -0.2) is 6.04 Å². The van der Waals surface area contributed by atoms with Gasteiger partial charge in [-0.1, -0.05) is 20.4 Å². The van der Waals surface area contributed by atoms with E-state index in [0.29, 0.717) is 11.5 Å². The molecule has 0 saturated carbocycles. The average Bonchev–Trinajstić information content (AvgIpc) is 1.79. The summed E-state index contributed by atoms with van der Waals surface area (Å²) in [5, 5.41) is 3.31. The molecule has 0 aliphatic carbocycles. The Morgan fingerprint density at radius 3 is 2.33 bits per heavy atom. The highest BCUT2D eigenvalue weighted by molar-refractivity contribution is 5.12. The molecule has 0 aromatic rings. The monoisotopic (exact) mass is 125 g/mol. The number of hydrogen-bond acceptors (Lipinski definition) is 1. The number of hydrogen-bond donors (Lipinski definition) is 1. The van der Waals surface area contributed by atoms with E-state index in [1.807, 2.05) is 0 Å². The summed E-state index contributed by atoms with van der Waals surface area (Å²) in [6, 6.07) is 0.618. The van der Waals surface area contributed by atoms with Gasteiger partial charge in [0.25, 0.3) is 0 Å².